The fourth-order valence-corrected chi connectivity index (χ4v) is 1.26. The van der Waals surface area contributed by atoms with Gasteiger partial charge in [-0.05, 0) is 22.0 Å². The summed E-state index contributed by atoms with van der Waals surface area (Å²) in [4.78, 5) is 16.1. The summed E-state index contributed by atoms with van der Waals surface area (Å²) in [7, 11) is 0. The van der Waals surface area contributed by atoms with Crippen LogP contribution in [-0.2, 0) is 0 Å². The zero-order valence-electron chi connectivity index (χ0n) is 7.05. The molecule has 0 saturated heterocycles. The minimum atomic E-state index is 0.391. The Hall–Kier alpha value is -1.56. The zero-order chi connectivity index (χ0) is 9.97. The first-order valence-corrected chi connectivity index (χ1v) is 4.61. The fraction of sp³-hybridized carbons (Fsp3) is 0. The number of nitrogens with zero attached hydrogens (tertiary/aromatic N) is 4. The van der Waals surface area contributed by atoms with E-state index in [1.165, 1.54) is 6.20 Å². The minimum absolute atomic E-state index is 0.391. The lowest BCUT2D eigenvalue weighted by Crippen LogP contribution is -1.94. The molecular weight excluding hydrogens is 246 g/mol. The molecule has 0 saturated carbocycles. The summed E-state index contributed by atoms with van der Waals surface area (Å²) >= 11 is 3.18. The first-order valence-electron chi connectivity index (χ1n) is 3.82. The van der Waals surface area contributed by atoms with E-state index >= 15 is 0 Å². The van der Waals surface area contributed by atoms with E-state index in [2.05, 4.69) is 35.9 Å². The topological polar surface area (TPSA) is 77.6 Å². The minimum Gasteiger partial charge on any atom is -0.382 e. The number of halogens is 1. The molecule has 0 amide bonds. The van der Waals surface area contributed by atoms with Crippen LogP contribution in [0.4, 0.5) is 5.82 Å². The van der Waals surface area contributed by atoms with Crippen LogP contribution in [0.5, 0.6) is 0 Å². The maximum Gasteiger partial charge on any atom is 0.197 e. The molecule has 0 aromatic carbocycles. The van der Waals surface area contributed by atoms with Crippen LogP contribution in [0.15, 0.2) is 29.4 Å². The number of hydrogen-bond acceptors (Lipinski definition) is 5. The highest BCUT2D eigenvalue weighted by molar-refractivity contribution is 9.10. The van der Waals surface area contributed by atoms with Crippen LogP contribution in [0.2, 0.25) is 0 Å². The van der Waals surface area contributed by atoms with Crippen LogP contribution < -0.4 is 5.73 Å². The number of anilines is 1. The molecule has 0 aliphatic heterocycles. The molecule has 0 fully saturated rings. The number of rotatable bonds is 1. The summed E-state index contributed by atoms with van der Waals surface area (Å²) in [5.41, 5.74) is 6.80. The molecule has 0 aliphatic rings. The van der Waals surface area contributed by atoms with Gasteiger partial charge in [0.25, 0.3) is 0 Å². The number of nitrogen functional groups attached to an aromatic ring is 1. The van der Waals surface area contributed by atoms with Crippen molar-refractivity contribution in [3.05, 3.63) is 29.4 Å². The Morgan fingerprint density at radius 1 is 1.07 bits per heavy atom. The van der Waals surface area contributed by atoms with Gasteiger partial charge < -0.3 is 5.73 Å². The van der Waals surface area contributed by atoms with E-state index in [1.54, 1.807) is 18.5 Å². The monoisotopic (exact) mass is 251 g/mol. The molecule has 2 heterocycles. The van der Waals surface area contributed by atoms with Gasteiger partial charge in [-0.25, -0.2) is 19.9 Å². The zero-order valence-corrected chi connectivity index (χ0v) is 8.64. The van der Waals surface area contributed by atoms with Crippen molar-refractivity contribution in [2.75, 3.05) is 5.73 Å². The van der Waals surface area contributed by atoms with Gasteiger partial charge in [-0.2, -0.15) is 0 Å². The Bertz CT molecular complexity index is 442. The second-order valence-corrected chi connectivity index (χ2v) is 3.25. The molecule has 0 aliphatic carbocycles. The first kappa shape index (κ1) is 9.01. The maximum atomic E-state index is 5.42. The Balaban J connectivity index is 2.44. The lowest BCUT2D eigenvalue weighted by atomic mass is 10.3. The second kappa shape index (κ2) is 3.67. The Labute approximate surface area is 88.6 Å². The maximum absolute atomic E-state index is 5.42. The molecule has 2 aromatic rings. The highest BCUT2D eigenvalue weighted by Gasteiger charge is 2.01. The second-order valence-electron chi connectivity index (χ2n) is 2.54. The lowest BCUT2D eigenvalue weighted by molar-refractivity contribution is 1.09. The Kier molecular flexibility index (Phi) is 2.36. The van der Waals surface area contributed by atoms with Gasteiger partial charge in [0.05, 0.1) is 18.1 Å². The average Bonchev–Trinajstić information content (AvgIpc) is 2.19. The number of aromatic nitrogens is 4. The highest BCUT2D eigenvalue weighted by Crippen LogP contribution is 2.14. The van der Waals surface area contributed by atoms with Crippen molar-refractivity contribution >= 4 is 21.7 Å². The number of nitrogens with two attached hydrogens (primary N) is 1. The van der Waals surface area contributed by atoms with E-state index in [1.807, 2.05) is 0 Å². The molecule has 6 heteroatoms. The SMILES string of the molecule is Nc1cnc(-c2ccnc(Br)n2)cn1. The van der Waals surface area contributed by atoms with Crippen molar-refractivity contribution in [3.8, 4) is 11.4 Å². The van der Waals surface area contributed by atoms with Gasteiger partial charge >= 0.3 is 0 Å². The van der Waals surface area contributed by atoms with E-state index < -0.39 is 0 Å². The van der Waals surface area contributed by atoms with Crippen molar-refractivity contribution in [3.63, 3.8) is 0 Å². The summed E-state index contributed by atoms with van der Waals surface area (Å²) in [5.74, 6) is 0.391. The van der Waals surface area contributed by atoms with E-state index in [4.69, 9.17) is 5.73 Å². The van der Waals surface area contributed by atoms with Crippen LogP contribution in [0.25, 0.3) is 11.4 Å². The van der Waals surface area contributed by atoms with E-state index in [0.29, 0.717) is 21.9 Å². The predicted molar refractivity (Wildman–Crippen MR) is 55.2 cm³/mol. The first-order chi connectivity index (χ1) is 6.75. The summed E-state index contributed by atoms with van der Waals surface area (Å²) in [6.07, 6.45) is 4.71. The highest BCUT2D eigenvalue weighted by atomic mass is 79.9. The lowest BCUT2D eigenvalue weighted by Gasteiger charge is -1.99. The van der Waals surface area contributed by atoms with Crippen molar-refractivity contribution in [1.29, 1.82) is 0 Å². The van der Waals surface area contributed by atoms with Crippen molar-refractivity contribution in [1.82, 2.24) is 19.9 Å². The largest absolute Gasteiger partial charge is 0.382 e. The van der Waals surface area contributed by atoms with E-state index in [-0.39, 0.29) is 0 Å². The molecular formula is C8H6BrN5. The molecule has 70 valence electrons. The molecule has 5 nitrogen and oxygen atoms in total. The molecule has 0 bridgehead atoms. The van der Waals surface area contributed by atoms with Crippen LogP contribution in [0.1, 0.15) is 0 Å². The van der Waals surface area contributed by atoms with Crippen LogP contribution in [-0.4, -0.2) is 19.9 Å². The van der Waals surface area contributed by atoms with Crippen LogP contribution >= 0.6 is 15.9 Å². The quantitative estimate of drug-likeness (QED) is 0.773. The normalized spacial score (nSPS) is 10.1. The van der Waals surface area contributed by atoms with E-state index in [9.17, 15) is 0 Å². The van der Waals surface area contributed by atoms with Crippen LogP contribution in [0.3, 0.4) is 0 Å². The fourth-order valence-electron chi connectivity index (χ4n) is 0.948. The third-order valence-electron chi connectivity index (χ3n) is 1.56. The van der Waals surface area contributed by atoms with Crippen molar-refractivity contribution in [2.45, 2.75) is 0 Å². The summed E-state index contributed by atoms with van der Waals surface area (Å²) in [6.45, 7) is 0. The van der Waals surface area contributed by atoms with Crippen molar-refractivity contribution in [2.24, 2.45) is 0 Å². The van der Waals surface area contributed by atoms with Gasteiger partial charge in [-0.3, -0.25) is 0 Å². The third-order valence-corrected chi connectivity index (χ3v) is 1.94. The summed E-state index contributed by atoms with van der Waals surface area (Å²) in [6, 6.07) is 1.75. The molecule has 2 rings (SSSR count). The molecule has 14 heavy (non-hydrogen) atoms. The summed E-state index contributed by atoms with van der Waals surface area (Å²) in [5, 5.41) is 0. The summed E-state index contributed by atoms with van der Waals surface area (Å²) < 4.78 is 0.522. The smallest absolute Gasteiger partial charge is 0.197 e. The third kappa shape index (κ3) is 1.85. The van der Waals surface area contributed by atoms with Crippen LogP contribution in [0, 0.1) is 0 Å². The van der Waals surface area contributed by atoms with Gasteiger partial charge in [0.1, 0.15) is 11.5 Å². The van der Waals surface area contributed by atoms with Gasteiger partial charge in [0, 0.05) is 6.20 Å². The average molecular weight is 252 g/mol. The van der Waals surface area contributed by atoms with Gasteiger partial charge in [0.15, 0.2) is 4.73 Å². The standard InChI is InChI=1S/C8H6BrN5/c9-8-11-2-1-5(14-8)6-3-13-7(10)4-12-6/h1-4H,(H2,10,13). The van der Waals surface area contributed by atoms with Gasteiger partial charge in [0.2, 0.25) is 0 Å². The number of hydrogen-bond donors (Lipinski definition) is 1. The molecule has 2 N–H and O–H groups in total. The Morgan fingerprint density at radius 3 is 2.57 bits per heavy atom. The van der Waals surface area contributed by atoms with Gasteiger partial charge in [-0.1, -0.05) is 0 Å². The van der Waals surface area contributed by atoms with Gasteiger partial charge in [-0.15, -0.1) is 0 Å². The Morgan fingerprint density at radius 2 is 1.93 bits per heavy atom. The molecule has 0 spiro atoms. The predicted octanol–water partition coefficient (Wildman–Crippen LogP) is 1.28. The molecule has 0 radical (unpaired) electrons. The van der Waals surface area contributed by atoms with Crippen molar-refractivity contribution < 1.29 is 0 Å². The molecule has 0 unspecified atom stereocenters. The van der Waals surface area contributed by atoms with E-state index in [0.717, 1.165) is 0 Å². The molecule has 0 atom stereocenters. The molecule has 2 aromatic heterocycles.